The van der Waals surface area contributed by atoms with Crippen LogP contribution in [0.15, 0.2) is 36.7 Å². The van der Waals surface area contributed by atoms with Crippen molar-refractivity contribution < 1.29 is 19.4 Å². The van der Waals surface area contributed by atoms with Crippen molar-refractivity contribution in [3.05, 3.63) is 42.2 Å². The second kappa shape index (κ2) is 6.64. The minimum atomic E-state index is -0.954. The SMILES string of the molecule is CC(C)(C)OC(=O)CCn1cc(-c2ccc(C(=O)O)cc2)cn1. The van der Waals surface area contributed by atoms with Gasteiger partial charge in [0, 0.05) is 11.8 Å². The summed E-state index contributed by atoms with van der Waals surface area (Å²) in [5.41, 5.74) is 1.49. The number of rotatable bonds is 5. The molecule has 0 bridgehead atoms. The molecule has 0 unspecified atom stereocenters. The fraction of sp³-hybridized carbons (Fsp3) is 0.353. The summed E-state index contributed by atoms with van der Waals surface area (Å²) < 4.78 is 6.92. The van der Waals surface area contributed by atoms with E-state index in [0.29, 0.717) is 6.54 Å². The first kappa shape index (κ1) is 16.7. The van der Waals surface area contributed by atoms with Crippen molar-refractivity contribution in [1.29, 1.82) is 0 Å². The van der Waals surface area contributed by atoms with Gasteiger partial charge in [0.15, 0.2) is 0 Å². The molecule has 0 fully saturated rings. The van der Waals surface area contributed by atoms with E-state index >= 15 is 0 Å². The van der Waals surface area contributed by atoms with Crippen LogP contribution in [0.5, 0.6) is 0 Å². The fourth-order valence-corrected chi connectivity index (χ4v) is 2.04. The molecule has 0 spiro atoms. The number of benzene rings is 1. The van der Waals surface area contributed by atoms with Crippen molar-refractivity contribution in [3.63, 3.8) is 0 Å². The molecule has 122 valence electrons. The van der Waals surface area contributed by atoms with Gasteiger partial charge in [0.05, 0.1) is 24.7 Å². The number of nitrogens with zero attached hydrogens (tertiary/aromatic N) is 2. The third kappa shape index (κ3) is 4.95. The van der Waals surface area contributed by atoms with Crippen LogP contribution in [0.2, 0.25) is 0 Å². The highest BCUT2D eigenvalue weighted by Gasteiger charge is 2.16. The minimum absolute atomic E-state index is 0.242. The molecule has 2 rings (SSSR count). The highest BCUT2D eigenvalue weighted by atomic mass is 16.6. The summed E-state index contributed by atoms with van der Waals surface area (Å²) in [6.45, 7) is 5.93. The van der Waals surface area contributed by atoms with Gasteiger partial charge in [-0.05, 0) is 38.5 Å². The van der Waals surface area contributed by atoms with Crippen molar-refractivity contribution in [3.8, 4) is 11.1 Å². The molecule has 1 N–H and O–H groups in total. The average molecular weight is 316 g/mol. The largest absolute Gasteiger partial charge is 0.478 e. The summed E-state index contributed by atoms with van der Waals surface area (Å²) in [6.07, 6.45) is 3.75. The molecule has 0 saturated heterocycles. The Hall–Kier alpha value is -2.63. The predicted molar refractivity (Wildman–Crippen MR) is 85.1 cm³/mol. The number of aromatic nitrogens is 2. The van der Waals surface area contributed by atoms with Gasteiger partial charge < -0.3 is 9.84 Å². The number of esters is 1. The third-order valence-corrected chi connectivity index (χ3v) is 3.06. The number of aromatic carboxylic acids is 1. The van der Waals surface area contributed by atoms with Crippen molar-refractivity contribution >= 4 is 11.9 Å². The Morgan fingerprint density at radius 2 is 1.83 bits per heavy atom. The second-order valence-electron chi connectivity index (χ2n) is 6.21. The predicted octanol–water partition coefficient (Wildman–Crippen LogP) is 2.98. The normalized spacial score (nSPS) is 11.3. The van der Waals surface area contributed by atoms with Gasteiger partial charge in [0.2, 0.25) is 0 Å². The second-order valence-corrected chi connectivity index (χ2v) is 6.21. The van der Waals surface area contributed by atoms with Crippen molar-refractivity contribution in [2.75, 3.05) is 0 Å². The van der Waals surface area contributed by atoms with E-state index in [9.17, 15) is 9.59 Å². The first-order chi connectivity index (χ1) is 10.7. The highest BCUT2D eigenvalue weighted by molar-refractivity contribution is 5.88. The monoisotopic (exact) mass is 316 g/mol. The molecular weight excluding hydrogens is 296 g/mol. The van der Waals surface area contributed by atoms with Crippen LogP contribution in [0.3, 0.4) is 0 Å². The molecule has 0 amide bonds. The lowest BCUT2D eigenvalue weighted by molar-refractivity contribution is -0.155. The van der Waals surface area contributed by atoms with Gasteiger partial charge >= 0.3 is 11.9 Å². The highest BCUT2D eigenvalue weighted by Crippen LogP contribution is 2.19. The van der Waals surface area contributed by atoms with Crippen molar-refractivity contribution in [2.24, 2.45) is 0 Å². The maximum absolute atomic E-state index is 11.7. The van der Waals surface area contributed by atoms with Crippen molar-refractivity contribution in [1.82, 2.24) is 9.78 Å². The average Bonchev–Trinajstić information content (AvgIpc) is 2.92. The molecule has 1 heterocycles. The minimum Gasteiger partial charge on any atom is -0.478 e. The van der Waals surface area contributed by atoms with E-state index in [4.69, 9.17) is 9.84 Å². The van der Waals surface area contributed by atoms with Crippen molar-refractivity contribution in [2.45, 2.75) is 39.3 Å². The first-order valence-corrected chi connectivity index (χ1v) is 7.32. The third-order valence-electron chi connectivity index (χ3n) is 3.06. The molecule has 1 aromatic carbocycles. The molecule has 0 saturated carbocycles. The number of carboxylic acids is 1. The molecule has 6 nitrogen and oxygen atoms in total. The number of hydrogen-bond acceptors (Lipinski definition) is 4. The Morgan fingerprint density at radius 1 is 1.17 bits per heavy atom. The molecule has 6 heteroatoms. The van der Waals surface area contributed by atoms with Crippen LogP contribution >= 0.6 is 0 Å². The van der Waals surface area contributed by atoms with E-state index in [1.165, 1.54) is 0 Å². The number of ether oxygens (including phenoxy) is 1. The van der Waals surface area contributed by atoms with Gasteiger partial charge in [0.1, 0.15) is 5.60 Å². The molecule has 0 aliphatic carbocycles. The summed E-state index contributed by atoms with van der Waals surface area (Å²) >= 11 is 0. The van der Waals surface area contributed by atoms with Gasteiger partial charge in [-0.25, -0.2) is 4.79 Å². The van der Waals surface area contributed by atoms with Crippen LogP contribution < -0.4 is 0 Å². The summed E-state index contributed by atoms with van der Waals surface area (Å²) in [5, 5.41) is 13.1. The van der Waals surface area contributed by atoms with Gasteiger partial charge in [0.25, 0.3) is 0 Å². The Bertz CT molecular complexity index is 696. The zero-order chi connectivity index (χ0) is 17.0. The lowest BCUT2D eigenvalue weighted by Gasteiger charge is -2.19. The van der Waals surface area contributed by atoms with Crippen LogP contribution in [0.4, 0.5) is 0 Å². The summed E-state index contributed by atoms with van der Waals surface area (Å²) in [7, 11) is 0. The van der Waals surface area contributed by atoms with Crippen LogP contribution in [0.1, 0.15) is 37.6 Å². The summed E-state index contributed by atoms with van der Waals surface area (Å²) in [5.74, 6) is -1.22. The Morgan fingerprint density at radius 3 is 2.39 bits per heavy atom. The van der Waals surface area contributed by atoms with Crippen LogP contribution in [0, 0.1) is 0 Å². The first-order valence-electron chi connectivity index (χ1n) is 7.32. The number of hydrogen-bond donors (Lipinski definition) is 1. The number of carbonyl (C=O) groups is 2. The standard InChI is InChI=1S/C17H20N2O4/c1-17(2,3)23-15(20)8-9-19-11-14(10-18-19)12-4-6-13(7-5-12)16(21)22/h4-7,10-11H,8-9H2,1-3H3,(H,21,22). The summed E-state index contributed by atoms with van der Waals surface area (Å²) in [6, 6.07) is 6.57. The van der Waals surface area contributed by atoms with Crippen LogP contribution in [-0.2, 0) is 16.1 Å². The molecule has 1 aromatic heterocycles. The molecule has 0 atom stereocenters. The van der Waals surface area contributed by atoms with E-state index in [1.54, 1.807) is 35.1 Å². The van der Waals surface area contributed by atoms with E-state index in [-0.39, 0.29) is 18.0 Å². The Kier molecular flexibility index (Phi) is 4.83. The van der Waals surface area contributed by atoms with Gasteiger partial charge in [-0.1, -0.05) is 12.1 Å². The van der Waals surface area contributed by atoms with E-state index in [1.807, 2.05) is 27.0 Å². The zero-order valence-electron chi connectivity index (χ0n) is 13.4. The van der Waals surface area contributed by atoms with Crippen LogP contribution in [0.25, 0.3) is 11.1 Å². The molecule has 0 aliphatic rings. The van der Waals surface area contributed by atoms with E-state index in [2.05, 4.69) is 5.10 Å². The smallest absolute Gasteiger partial charge is 0.335 e. The summed E-state index contributed by atoms with van der Waals surface area (Å²) in [4.78, 5) is 22.5. The Labute approximate surface area is 134 Å². The maximum atomic E-state index is 11.7. The zero-order valence-corrected chi connectivity index (χ0v) is 13.4. The van der Waals surface area contributed by atoms with Gasteiger partial charge in [-0.2, -0.15) is 5.10 Å². The molecule has 2 aromatic rings. The van der Waals surface area contributed by atoms with Gasteiger partial charge in [-0.3, -0.25) is 9.48 Å². The van der Waals surface area contributed by atoms with Crippen LogP contribution in [-0.4, -0.2) is 32.4 Å². The van der Waals surface area contributed by atoms with E-state index < -0.39 is 11.6 Å². The number of carbonyl (C=O) groups excluding carboxylic acids is 1. The quantitative estimate of drug-likeness (QED) is 0.858. The Balaban J connectivity index is 1.98. The van der Waals surface area contributed by atoms with Gasteiger partial charge in [-0.15, -0.1) is 0 Å². The topological polar surface area (TPSA) is 81.4 Å². The lowest BCUT2D eigenvalue weighted by atomic mass is 10.1. The number of aryl methyl sites for hydroxylation is 1. The molecule has 23 heavy (non-hydrogen) atoms. The lowest BCUT2D eigenvalue weighted by Crippen LogP contribution is -2.24. The fourth-order valence-electron chi connectivity index (χ4n) is 2.04. The van der Waals surface area contributed by atoms with E-state index in [0.717, 1.165) is 11.1 Å². The number of carboxylic acid groups (broad SMARTS) is 1. The molecule has 0 aliphatic heterocycles. The molecule has 0 radical (unpaired) electrons. The molecular formula is C17H20N2O4. The maximum Gasteiger partial charge on any atom is 0.335 e.